The van der Waals surface area contributed by atoms with Gasteiger partial charge in [-0.05, 0) is 25.0 Å². The van der Waals surface area contributed by atoms with Gasteiger partial charge in [-0.15, -0.1) is 0 Å². The number of fused-ring (bicyclic) bond motifs is 1. The minimum Gasteiger partial charge on any atom is -0.269 e. The molecule has 0 spiro atoms. The minimum atomic E-state index is -0.137. The van der Waals surface area contributed by atoms with Crippen LogP contribution in [-0.4, -0.2) is 16.7 Å². The predicted octanol–water partition coefficient (Wildman–Crippen LogP) is 2.78. The Balaban J connectivity index is 1.94. The first kappa shape index (κ1) is 10.5. The van der Waals surface area contributed by atoms with E-state index in [9.17, 15) is 9.59 Å². The number of carbonyl (C=O) groups excluding carboxylic acids is 2. The number of imide groups is 1. The first-order valence-electron chi connectivity index (χ1n) is 6.11. The number of carbonyl (C=O) groups is 2. The van der Waals surface area contributed by atoms with E-state index in [1.54, 1.807) is 24.3 Å². The van der Waals surface area contributed by atoms with Gasteiger partial charge in [0.2, 0.25) is 0 Å². The molecule has 1 aromatic rings. The Labute approximate surface area is 100 Å². The molecule has 3 rings (SSSR count). The van der Waals surface area contributed by atoms with Gasteiger partial charge in [-0.3, -0.25) is 14.5 Å². The van der Waals surface area contributed by atoms with Gasteiger partial charge in [0.15, 0.2) is 0 Å². The summed E-state index contributed by atoms with van der Waals surface area (Å²) in [4.78, 5) is 25.8. The standard InChI is InChI=1S/C14H14NO2/c16-13-11-8-4-5-9-12(11)14(17)15(13)10-6-2-1-3-7-10/h4-5,8-9H,1-3,6-7H2. The quantitative estimate of drug-likeness (QED) is 0.693. The minimum absolute atomic E-state index is 0.137. The van der Waals surface area contributed by atoms with Gasteiger partial charge in [0.1, 0.15) is 0 Å². The summed E-state index contributed by atoms with van der Waals surface area (Å²) >= 11 is 0. The first-order chi connectivity index (χ1) is 8.29. The smallest absolute Gasteiger partial charge is 0.262 e. The Bertz CT molecular complexity index is 440. The highest BCUT2D eigenvalue weighted by Gasteiger charge is 2.40. The fraction of sp³-hybridized carbons (Fsp3) is 0.357. The van der Waals surface area contributed by atoms with Crippen LogP contribution in [0.25, 0.3) is 0 Å². The van der Waals surface area contributed by atoms with Crippen molar-refractivity contribution in [1.29, 1.82) is 0 Å². The molecule has 0 aromatic heterocycles. The zero-order valence-corrected chi connectivity index (χ0v) is 9.61. The number of hydrogen-bond donors (Lipinski definition) is 0. The van der Waals surface area contributed by atoms with Crippen molar-refractivity contribution in [1.82, 2.24) is 4.90 Å². The summed E-state index contributed by atoms with van der Waals surface area (Å²) in [5.74, 6) is -0.273. The van der Waals surface area contributed by atoms with Crippen LogP contribution < -0.4 is 0 Å². The van der Waals surface area contributed by atoms with Crippen LogP contribution in [0.4, 0.5) is 0 Å². The molecule has 3 heteroatoms. The number of hydrogen-bond acceptors (Lipinski definition) is 2. The van der Waals surface area contributed by atoms with E-state index < -0.39 is 0 Å². The summed E-state index contributed by atoms with van der Waals surface area (Å²) in [6.45, 7) is 0. The Morgan fingerprint density at radius 2 is 1.35 bits per heavy atom. The molecule has 3 nitrogen and oxygen atoms in total. The van der Waals surface area contributed by atoms with Gasteiger partial charge < -0.3 is 0 Å². The van der Waals surface area contributed by atoms with Gasteiger partial charge in [-0.25, -0.2) is 0 Å². The van der Waals surface area contributed by atoms with Crippen LogP contribution in [0.15, 0.2) is 24.3 Å². The fourth-order valence-electron chi connectivity index (χ4n) is 2.66. The SMILES string of the molecule is O=C1c2ccccc2C(=O)N1[C]1CCCCC1. The summed E-state index contributed by atoms with van der Waals surface area (Å²) in [7, 11) is 0. The lowest BCUT2D eigenvalue weighted by atomic mass is 9.94. The van der Waals surface area contributed by atoms with Crippen LogP contribution >= 0.6 is 0 Å². The van der Waals surface area contributed by atoms with Crippen molar-refractivity contribution >= 4 is 11.8 Å². The lowest BCUT2D eigenvalue weighted by Crippen LogP contribution is -2.35. The molecular weight excluding hydrogens is 214 g/mol. The van der Waals surface area contributed by atoms with Crippen molar-refractivity contribution < 1.29 is 9.59 Å². The molecule has 2 aliphatic rings. The number of amides is 2. The number of benzene rings is 1. The topological polar surface area (TPSA) is 37.4 Å². The van der Waals surface area contributed by atoms with Crippen molar-refractivity contribution in [2.24, 2.45) is 0 Å². The molecule has 0 N–H and O–H groups in total. The average molecular weight is 228 g/mol. The second-order valence-electron chi connectivity index (χ2n) is 4.62. The summed E-state index contributed by atoms with van der Waals surface area (Å²) in [6, 6.07) is 8.08. The lowest BCUT2D eigenvalue weighted by molar-refractivity contribution is 0.0642. The summed E-state index contributed by atoms with van der Waals surface area (Å²) < 4.78 is 0. The molecule has 1 aliphatic heterocycles. The highest BCUT2D eigenvalue weighted by Crippen LogP contribution is 2.35. The second kappa shape index (κ2) is 3.99. The maximum atomic E-state index is 12.2. The van der Waals surface area contributed by atoms with Crippen LogP contribution in [0.2, 0.25) is 0 Å². The maximum Gasteiger partial charge on any atom is 0.262 e. The summed E-state index contributed by atoms with van der Waals surface area (Å²) in [5.41, 5.74) is 1.10. The molecule has 87 valence electrons. The molecule has 1 fully saturated rings. The first-order valence-corrected chi connectivity index (χ1v) is 6.11. The third-order valence-corrected chi connectivity index (χ3v) is 3.54. The van der Waals surface area contributed by atoms with E-state index in [0.29, 0.717) is 11.1 Å². The normalized spacial score (nSPS) is 20.8. The van der Waals surface area contributed by atoms with E-state index >= 15 is 0 Å². The van der Waals surface area contributed by atoms with Crippen LogP contribution in [0.5, 0.6) is 0 Å². The maximum absolute atomic E-state index is 12.2. The van der Waals surface area contributed by atoms with Gasteiger partial charge >= 0.3 is 0 Å². The second-order valence-corrected chi connectivity index (χ2v) is 4.62. The van der Waals surface area contributed by atoms with Crippen LogP contribution in [0.1, 0.15) is 52.8 Å². The third kappa shape index (κ3) is 1.57. The van der Waals surface area contributed by atoms with E-state index in [2.05, 4.69) is 0 Å². The summed E-state index contributed by atoms with van der Waals surface area (Å²) in [5, 5.41) is 0. The predicted molar refractivity (Wildman–Crippen MR) is 63.3 cm³/mol. The molecule has 1 heterocycles. The molecule has 0 atom stereocenters. The molecule has 0 saturated heterocycles. The summed E-state index contributed by atoms with van der Waals surface area (Å²) in [6.07, 6.45) is 5.13. The van der Waals surface area contributed by atoms with E-state index in [0.717, 1.165) is 31.7 Å². The van der Waals surface area contributed by atoms with Crippen molar-refractivity contribution in [2.45, 2.75) is 32.1 Å². The zero-order chi connectivity index (χ0) is 11.8. The molecule has 0 unspecified atom stereocenters. The molecule has 2 amide bonds. The molecule has 0 bridgehead atoms. The van der Waals surface area contributed by atoms with E-state index in [-0.39, 0.29) is 11.8 Å². The van der Waals surface area contributed by atoms with E-state index in [1.165, 1.54) is 11.3 Å². The highest BCUT2D eigenvalue weighted by molar-refractivity contribution is 6.22. The number of rotatable bonds is 1. The van der Waals surface area contributed by atoms with Crippen molar-refractivity contribution in [3.8, 4) is 0 Å². The molecule has 1 aliphatic carbocycles. The average Bonchev–Trinajstić information content (AvgIpc) is 2.64. The van der Waals surface area contributed by atoms with Gasteiger partial charge in [-0.2, -0.15) is 0 Å². The molecule has 1 aromatic carbocycles. The van der Waals surface area contributed by atoms with Gasteiger partial charge in [0.25, 0.3) is 11.8 Å². The third-order valence-electron chi connectivity index (χ3n) is 3.54. The van der Waals surface area contributed by atoms with E-state index in [1.807, 2.05) is 0 Å². The van der Waals surface area contributed by atoms with Crippen molar-refractivity contribution in [3.05, 3.63) is 41.4 Å². The molecule has 1 saturated carbocycles. The molecule has 1 radical (unpaired) electrons. The zero-order valence-electron chi connectivity index (χ0n) is 9.61. The van der Waals surface area contributed by atoms with E-state index in [4.69, 9.17) is 0 Å². The van der Waals surface area contributed by atoms with Crippen LogP contribution in [0.3, 0.4) is 0 Å². The van der Waals surface area contributed by atoms with Gasteiger partial charge in [0.05, 0.1) is 17.2 Å². The van der Waals surface area contributed by atoms with Crippen LogP contribution in [-0.2, 0) is 0 Å². The van der Waals surface area contributed by atoms with Crippen molar-refractivity contribution in [2.75, 3.05) is 0 Å². The monoisotopic (exact) mass is 228 g/mol. The van der Waals surface area contributed by atoms with Crippen LogP contribution in [0, 0.1) is 6.04 Å². The Morgan fingerprint density at radius 1 is 0.824 bits per heavy atom. The fourth-order valence-corrected chi connectivity index (χ4v) is 2.66. The van der Waals surface area contributed by atoms with Gasteiger partial charge in [0, 0.05) is 0 Å². The Morgan fingerprint density at radius 3 is 1.88 bits per heavy atom. The van der Waals surface area contributed by atoms with Crippen molar-refractivity contribution in [3.63, 3.8) is 0 Å². The number of nitrogens with zero attached hydrogens (tertiary/aromatic N) is 1. The Kier molecular flexibility index (Phi) is 2.46. The van der Waals surface area contributed by atoms with Gasteiger partial charge in [-0.1, -0.05) is 31.4 Å². The molecular formula is C14H14NO2. The largest absolute Gasteiger partial charge is 0.269 e. The molecule has 17 heavy (non-hydrogen) atoms. The Hall–Kier alpha value is -1.64. The highest BCUT2D eigenvalue weighted by atomic mass is 16.2. The lowest BCUT2D eigenvalue weighted by Gasteiger charge is -2.28.